The van der Waals surface area contributed by atoms with E-state index < -0.39 is 108 Å². The fourth-order valence-corrected chi connectivity index (χ4v) is 9.25. The number of rotatable bonds is 34. The van der Waals surface area contributed by atoms with Crippen LogP contribution in [-0.2, 0) is 62.4 Å². The van der Waals surface area contributed by atoms with Crippen LogP contribution in [0.15, 0.2) is 96.2 Å². The number of aromatic nitrogens is 2. The van der Waals surface area contributed by atoms with Gasteiger partial charge in [-0.2, -0.15) is 0 Å². The number of benzene rings is 3. The van der Waals surface area contributed by atoms with Crippen molar-refractivity contribution in [3.8, 4) is 0 Å². The SMILES string of the molecule is CC(C)C[C@H](NC(=O)[C@H](C)NC(=O)[C@H](CCCCN)NC(=O)[C@@H](N)Cc1c[nH]c2ccccc12)C(=O)N[C@@H](Cc1ccccc1)C(=O)N[C@@H](CCC(N)=O)C(=O)N[C@@H](CCCN=C(N)N)C(=O)N[C@@H](Cc1c[nH]c2ccccc12)C(=O)O. The van der Waals surface area contributed by atoms with Crippen LogP contribution in [0.1, 0.15) is 88.8 Å². The van der Waals surface area contributed by atoms with Gasteiger partial charge in [0.15, 0.2) is 5.96 Å². The zero-order chi connectivity index (χ0) is 59.9. The Morgan fingerprint density at radius 1 is 0.524 bits per heavy atom. The number of primary amides is 1. The third-order valence-corrected chi connectivity index (χ3v) is 13.6. The van der Waals surface area contributed by atoms with Gasteiger partial charge in [0, 0.05) is 60.0 Å². The first kappa shape index (κ1) is 64.0. The normalized spacial score (nSPS) is 14.2. The summed E-state index contributed by atoms with van der Waals surface area (Å²) in [5.74, 6) is -8.08. The number of para-hydroxylation sites is 2. The van der Waals surface area contributed by atoms with E-state index in [4.69, 9.17) is 28.7 Å². The summed E-state index contributed by atoms with van der Waals surface area (Å²) in [6.45, 7) is 5.41. The first-order valence-corrected chi connectivity index (χ1v) is 27.4. The monoisotopic (exact) mass is 1130 g/mol. The number of H-pyrrole nitrogens is 2. The number of hydrogen-bond donors (Lipinski definition) is 15. The third kappa shape index (κ3) is 20.1. The molecule has 5 rings (SSSR count). The van der Waals surface area contributed by atoms with Crippen molar-refractivity contribution in [3.63, 3.8) is 0 Å². The highest BCUT2D eigenvalue weighted by molar-refractivity contribution is 5.98. The number of carbonyl (C=O) groups is 9. The number of guanidine groups is 1. The molecule has 0 saturated carbocycles. The van der Waals surface area contributed by atoms with Crippen molar-refractivity contribution in [3.05, 3.63) is 108 Å². The average Bonchev–Trinajstić information content (AvgIpc) is 4.08. The molecule has 0 fully saturated rings. The van der Waals surface area contributed by atoms with E-state index in [0.29, 0.717) is 30.5 Å². The van der Waals surface area contributed by atoms with Crippen molar-refractivity contribution in [1.82, 2.24) is 47.2 Å². The lowest BCUT2D eigenvalue weighted by molar-refractivity contribution is -0.142. The number of carbonyl (C=O) groups excluding carboxylic acids is 8. The quantitative estimate of drug-likeness (QED) is 0.0147. The maximum atomic E-state index is 14.5. The van der Waals surface area contributed by atoms with Crippen molar-refractivity contribution in [2.24, 2.45) is 39.6 Å². The van der Waals surface area contributed by atoms with Gasteiger partial charge in [0.25, 0.3) is 0 Å². The maximum Gasteiger partial charge on any atom is 0.326 e. The number of aromatic amines is 2. The predicted octanol–water partition coefficient (Wildman–Crippen LogP) is -0.00330. The number of carboxylic acid groups (broad SMARTS) is 1. The van der Waals surface area contributed by atoms with Crippen molar-refractivity contribution < 1.29 is 48.3 Å². The number of aliphatic imine (C=N–C) groups is 1. The van der Waals surface area contributed by atoms with Crippen LogP contribution in [0.2, 0.25) is 0 Å². The Kier molecular flexibility index (Phi) is 24.8. The molecule has 2 heterocycles. The number of hydrogen-bond acceptors (Lipinski definition) is 12. The van der Waals surface area contributed by atoms with Crippen LogP contribution in [-0.4, -0.2) is 136 Å². The summed E-state index contributed by atoms with van der Waals surface area (Å²) in [6.07, 6.45) is 3.92. The van der Waals surface area contributed by atoms with Crippen LogP contribution in [0.5, 0.6) is 0 Å². The summed E-state index contributed by atoms with van der Waals surface area (Å²) in [6, 6.07) is 13.0. The molecule has 2 aromatic heterocycles. The summed E-state index contributed by atoms with van der Waals surface area (Å²) >= 11 is 0. The molecule has 442 valence electrons. The Morgan fingerprint density at radius 3 is 1.56 bits per heavy atom. The first-order chi connectivity index (χ1) is 39.1. The third-order valence-electron chi connectivity index (χ3n) is 13.6. The Morgan fingerprint density at radius 2 is 1.00 bits per heavy atom. The summed E-state index contributed by atoms with van der Waals surface area (Å²) in [5.41, 5.74) is 32.3. The zero-order valence-corrected chi connectivity index (χ0v) is 46.5. The summed E-state index contributed by atoms with van der Waals surface area (Å²) < 4.78 is 0. The predicted molar refractivity (Wildman–Crippen MR) is 310 cm³/mol. The standard InChI is InChI=1S/C57H79N15O10/c1-32(2)26-45(70-49(74)33(3)66-51(76)42(20-11-12-24-58)67-50(75)39(59)28-35-30-64-40-18-9-7-16-37(35)40)54(79)71-46(27-34-14-5-4-6-15-34)55(80)69-44(22-23-48(60)73)53(78)68-43(21-13-25-63-57(61)62)52(77)72-47(56(81)82)29-36-31-65-41-19-10-8-17-38(36)41/h4-10,14-19,30-33,39,42-47,64-65H,11-13,20-29,58-59H2,1-3H3,(H2,60,73)(H,66,76)(H,67,75)(H,68,78)(H,69,80)(H,70,74)(H,71,79)(H,72,77)(H,81,82)(H4,61,62,63)/t33-,39-,42-,43-,44-,45-,46-,47-/m0/s1. The lowest BCUT2D eigenvalue weighted by Gasteiger charge is -2.28. The van der Waals surface area contributed by atoms with E-state index in [2.05, 4.69) is 52.2 Å². The van der Waals surface area contributed by atoms with E-state index in [1.54, 1.807) is 54.9 Å². The Bertz CT molecular complexity index is 3010. The number of amides is 8. The molecule has 25 heteroatoms. The smallest absolute Gasteiger partial charge is 0.326 e. The van der Waals surface area contributed by atoms with Gasteiger partial charge in [0.05, 0.1) is 6.04 Å². The van der Waals surface area contributed by atoms with E-state index in [9.17, 15) is 48.3 Å². The number of fused-ring (bicyclic) bond motifs is 2. The average molecular weight is 1130 g/mol. The van der Waals surface area contributed by atoms with Crippen LogP contribution in [0.3, 0.4) is 0 Å². The van der Waals surface area contributed by atoms with E-state index in [-0.39, 0.29) is 69.8 Å². The molecule has 5 aromatic rings. The van der Waals surface area contributed by atoms with E-state index in [0.717, 1.165) is 27.4 Å². The van der Waals surface area contributed by atoms with Gasteiger partial charge >= 0.3 is 5.97 Å². The molecule has 0 aliphatic heterocycles. The molecule has 0 bridgehead atoms. The van der Waals surface area contributed by atoms with Gasteiger partial charge < -0.3 is 81.0 Å². The number of unbranched alkanes of at least 4 members (excludes halogenated alkanes) is 1. The fourth-order valence-electron chi connectivity index (χ4n) is 9.25. The van der Waals surface area contributed by atoms with E-state index >= 15 is 0 Å². The topological polar surface area (TPSA) is 432 Å². The molecule has 0 unspecified atom stereocenters. The minimum atomic E-state index is -1.54. The van der Waals surface area contributed by atoms with Crippen LogP contribution in [0, 0.1) is 5.92 Å². The van der Waals surface area contributed by atoms with Crippen LogP contribution >= 0.6 is 0 Å². The van der Waals surface area contributed by atoms with Gasteiger partial charge in [-0.1, -0.05) is 80.6 Å². The second kappa shape index (κ2) is 31.8. The lowest BCUT2D eigenvalue weighted by atomic mass is 10.00. The second-order valence-corrected chi connectivity index (χ2v) is 20.7. The Balaban J connectivity index is 1.31. The number of aliphatic carboxylic acids is 1. The summed E-state index contributed by atoms with van der Waals surface area (Å²) in [4.78, 5) is 133. The number of nitrogens with one attached hydrogen (secondary N) is 9. The Labute approximate surface area is 475 Å². The lowest BCUT2D eigenvalue weighted by Crippen LogP contribution is -2.60. The molecule has 0 spiro atoms. The highest BCUT2D eigenvalue weighted by Gasteiger charge is 2.35. The molecule has 8 atom stereocenters. The van der Waals surface area contributed by atoms with Crippen LogP contribution in [0.25, 0.3) is 21.8 Å². The molecule has 0 radical (unpaired) electrons. The Hall–Kier alpha value is -8.84. The van der Waals surface area contributed by atoms with E-state index in [1.807, 2.05) is 50.2 Å². The molecule has 20 N–H and O–H groups in total. The minimum absolute atomic E-state index is 0.0354. The van der Waals surface area contributed by atoms with E-state index in [1.165, 1.54) is 6.92 Å². The minimum Gasteiger partial charge on any atom is -0.480 e. The van der Waals surface area contributed by atoms with Gasteiger partial charge in [0.1, 0.15) is 42.3 Å². The molecule has 25 nitrogen and oxygen atoms in total. The van der Waals surface area contributed by atoms with Crippen LogP contribution in [0.4, 0.5) is 0 Å². The molecule has 0 saturated heterocycles. The fraction of sp³-hybridized carbons (Fsp3) is 0.439. The van der Waals surface area contributed by atoms with Gasteiger partial charge in [-0.15, -0.1) is 0 Å². The summed E-state index contributed by atoms with van der Waals surface area (Å²) in [7, 11) is 0. The molecular formula is C57H79N15O10. The number of nitrogens with zero attached hydrogens (tertiary/aromatic N) is 1. The zero-order valence-electron chi connectivity index (χ0n) is 46.5. The second-order valence-electron chi connectivity index (χ2n) is 20.7. The molecule has 82 heavy (non-hydrogen) atoms. The summed E-state index contributed by atoms with van der Waals surface area (Å²) in [5, 5.41) is 30.5. The molecular weight excluding hydrogens is 1050 g/mol. The van der Waals surface area contributed by atoms with Crippen molar-refractivity contribution >= 4 is 81.0 Å². The van der Waals surface area contributed by atoms with Crippen LogP contribution < -0.4 is 65.9 Å². The van der Waals surface area contributed by atoms with Gasteiger partial charge in [0.2, 0.25) is 47.3 Å². The largest absolute Gasteiger partial charge is 0.480 e. The van der Waals surface area contributed by atoms with Gasteiger partial charge in [-0.05, 0) is 99.6 Å². The van der Waals surface area contributed by atoms with Gasteiger partial charge in [-0.25, -0.2) is 4.79 Å². The number of nitrogens with two attached hydrogens (primary N) is 5. The highest BCUT2D eigenvalue weighted by atomic mass is 16.4. The molecule has 8 amide bonds. The van der Waals surface area contributed by atoms with Crippen molar-refractivity contribution in [1.29, 1.82) is 0 Å². The van der Waals surface area contributed by atoms with Gasteiger partial charge in [-0.3, -0.25) is 43.3 Å². The molecule has 0 aliphatic carbocycles. The van der Waals surface area contributed by atoms with Crippen molar-refractivity contribution in [2.45, 2.75) is 140 Å². The molecule has 0 aliphatic rings. The number of carboxylic acids is 1. The first-order valence-electron chi connectivity index (χ1n) is 27.4. The van der Waals surface area contributed by atoms with Crippen molar-refractivity contribution in [2.75, 3.05) is 13.1 Å². The maximum absolute atomic E-state index is 14.5. The highest BCUT2D eigenvalue weighted by Crippen LogP contribution is 2.21. The molecule has 3 aromatic carbocycles.